The quantitative estimate of drug-likeness (QED) is 0.656. The van der Waals surface area contributed by atoms with Crippen LogP contribution in [0.25, 0.3) is 0 Å². The number of hydrogen-bond acceptors (Lipinski definition) is 1. The Morgan fingerprint density at radius 1 is 1.00 bits per heavy atom. The lowest BCUT2D eigenvalue weighted by molar-refractivity contribution is -0.133. The van der Waals surface area contributed by atoms with Crippen LogP contribution in [0, 0.1) is 28.1 Å². The van der Waals surface area contributed by atoms with Gasteiger partial charge in [0, 0.05) is 0 Å². The molecule has 0 heterocycles. The summed E-state index contributed by atoms with van der Waals surface area (Å²) >= 11 is 0. The van der Waals surface area contributed by atoms with Crippen LogP contribution in [0.15, 0.2) is 24.3 Å². The van der Waals surface area contributed by atoms with Gasteiger partial charge in [-0.2, -0.15) is 0 Å². The summed E-state index contributed by atoms with van der Waals surface area (Å²) in [7, 11) is 0. The zero-order chi connectivity index (χ0) is 15.6. The van der Waals surface area contributed by atoms with Crippen molar-refractivity contribution < 1.29 is 5.11 Å². The molecule has 118 valence electrons. The smallest absolute Gasteiger partial charge is 0.0790 e. The predicted octanol–water partition coefficient (Wildman–Crippen LogP) is 5.11. The van der Waals surface area contributed by atoms with Gasteiger partial charge in [-0.25, -0.2) is 0 Å². The fourth-order valence-corrected chi connectivity index (χ4v) is 6.47. The van der Waals surface area contributed by atoms with E-state index in [1.165, 1.54) is 32.1 Å². The molecule has 1 heteroatoms. The summed E-state index contributed by atoms with van der Waals surface area (Å²) in [6.45, 7) is 18.3. The molecule has 3 aliphatic carbocycles. The molecule has 3 saturated carbocycles. The molecule has 1 nitrogen and oxygen atoms in total. The molecule has 0 aromatic heterocycles. The van der Waals surface area contributed by atoms with Gasteiger partial charge in [0.1, 0.15) is 0 Å². The van der Waals surface area contributed by atoms with E-state index in [2.05, 4.69) is 40.9 Å². The number of fused-ring (bicyclic) bond motifs is 3. The molecule has 21 heavy (non-hydrogen) atoms. The molecule has 3 aliphatic rings. The third kappa shape index (κ3) is 1.92. The first kappa shape index (κ1) is 15.3. The lowest BCUT2D eigenvalue weighted by atomic mass is 9.40. The Morgan fingerprint density at radius 3 is 2.33 bits per heavy atom. The summed E-state index contributed by atoms with van der Waals surface area (Å²) in [6.07, 6.45) is 7.02. The van der Waals surface area contributed by atoms with Crippen molar-refractivity contribution in [3.8, 4) is 0 Å². The first-order valence-electron chi connectivity index (χ1n) is 8.69. The number of aliphatic hydroxyl groups is 1. The predicted molar refractivity (Wildman–Crippen MR) is 89.0 cm³/mol. The second-order valence-corrected chi connectivity index (χ2v) is 9.16. The Hall–Kier alpha value is -0.560. The first-order chi connectivity index (χ1) is 9.63. The Morgan fingerprint density at radius 2 is 1.67 bits per heavy atom. The topological polar surface area (TPSA) is 20.2 Å². The Balaban J connectivity index is 2.05. The average Bonchev–Trinajstić information content (AvgIpc) is 2.38. The van der Waals surface area contributed by atoms with E-state index in [1.807, 2.05) is 0 Å². The molecule has 0 amide bonds. The molecule has 0 radical (unpaired) electrons. The summed E-state index contributed by atoms with van der Waals surface area (Å²) in [4.78, 5) is 0. The van der Waals surface area contributed by atoms with Gasteiger partial charge in [-0.3, -0.25) is 0 Å². The van der Waals surface area contributed by atoms with Crippen molar-refractivity contribution in [3.63, 3.8) is 0 Å². The largest absolute Gasteiger partial charge is 0.388 e. The molecule has 0 aromatic rings. The van der Waals surface area contributed by atoms with Crippen LogP contribution < -0.4 is 0 Å². The van der Waals surface area contributed by atoms with Crippen molar-refractivity contribution in [3.05, 3.63) is 24.3 Å². The first-order valence-corrected chi connectivity index (χ1v) is 8.69. The van der Waals surface area contributed by atoms with Crippen molar-refractivity contribution in [2.24, 2.45) is 28.1 Å². The lowest BCUT2D eigenvalue weighted by Crippen LogP contribution is -2.57. The van der Waals surface area contributed by atoms with Crippen LogP contribution >= 0.6 is 0 Å². The summed E-state index contributed by atoms with van der Waals surface area (Å²) in [5.74, 6) is 1.33. The standard InChI is InChI=1S/C20H32O/c1-13-14(2)19(5)11-8-16-18(3,4)9-7-10-20(16,6)17(19)12-15(13)21/h15-17,21H,1-2,7-12H2,3-6H3/t15-,16-,17-,19-,20-/m1/s1. The Bertz CT molecular complexity index is 488. The van der Waals surface area contributed by atoms with Gasteiger partial charge in [-0.05, 0) is 71.3 Å². The zero-order valence-electron chi connectivity index (χ0n) is 14.3. The van der Waals surface area contributed by atoms with Crippen LogP contribution in [0.5, 0.6) is 0 Å². The minimum Gasteiger partial charge on any atom is -0.388 e. The minimum absolute atomic E-state index is 0.148. The van der Waals surface area contributed by atoms with Gasteiger partial charge in [0.25, 0.3) is 0 Å². The maximum absolute atomic E-state index is 10.5. The zero-order valence-corrected chi connectivity index (χ0v) is 14.3. The molecule has 1 N–H and O–H groups in total. The van der Waals surface area contributed by atoms with Crippen molar-refractivity contribution >= 4 is 0 Å². The average molecular weight is 288 g/mol. The normalized spacial score (nSPS) is 49.5. The van der Waals surface area contributed by atoms with E-state index in [9.17, 15) is 5.11 Å². The molecule has 0 bridgehead atoms. The highest BCUT2D eigenvalue weighted by Crippen LogP contribution is 2.68. The van der Waals surface area contributed by atoms with Gasteiger partial charge < -0.3 is 5.11 Å². The van der Waals surface area contributed by atoms with Crippen molar-refractivity contribution in [1.82, 2.24) is 0 Å². The van der Waals surface area contributed by atoms with Gasteiger partial charge in [0.15, 0.2) is 0 Å². The maximum Gasteiger partial charge on any atom is 0.0790 e. The van der Waals surface area contributed by atoms with Crippen molar-refractivity contribution in [2.45, 2.75) is 72.3 Å². The molecule has 3 fully saturated rings. The van der Waals surface area contributed by atoms with E-state index in [-0.39, 0.29) is 11.5 Å². The molecule has 0 unspecified atom stereocenters. The van der Waals surface area contributed by atoms with Crippen molar-refractivity contribution in [1.29, 1.82) is 0 Å². The summed E-state index contributed by atoms with van der Waals surface area (Å²) < 4.78 is 0. The van der Waals surface area contributed by atoms with Gasteiger partial charge in [0.2, 0.25) is 0 Å². The highest BCUT2D eigenvalue weighted by molar-refractivity contribution is 5.40. The Labute approximate surface area is 130 Å². The fourth-order valence-electron chi connectivity index (χ4n) is 6.47. The van der Waals surface area contributed by atoms with Crippen LogP contribution in [0.1, 0.15) is 66.2 Å². The van der Waals surface area contributed by atoms with E-state index < -0.39 is 0 Å². The van der Waals surface area contributed by atoms with E-state index in [0.29, 0.717) is 16.7 Å². The minimum atomic E-state index is -0.379. The lowest BCUT2D eigenvalue weighted by Gasteiger charge is -2.65. The number of rotatable bonds is 0. The molecule has 5 atom stereocenters. The highest BCUT2D eigenvalue weighted by atomic mass is 16.3. The second kappa shape index (κ2) is 4.47. The van der Waals surface area contributed by atoms with Crippen LogP contribution in [0.3, 0.4) is 0 Å². The summed E-state index contributed by atoms with van der Waals surface area (Å²) in [6, 6.07) is 0. The van der Waals surface area contributed by atoms with Gasteiger partial charge in [-0.1, -0.05) is 47.3 Å². The Kier molecular flexibility index (Phi) is 3.27. The van der Waals surface area contributed by atoms with E-state index in [0.717, 1.165) is 23.5 Å². The highest BCUT2D eigenvalue weighted by Gasteiger charge is 2.60. The van der Waals surface area contributed by atoms with Crippen LogP contribution in [0.2, 0.25) is 0 Å². The number of aliphatic hydroxyl groups excluding tert-OH is 1. The maximum atomic E-state index is 10.5. The van der Waals surface area contributed by atoms with E-state index in [4.69, 9.17) is 0 Å². The SMILES string of the molecule is C=C1C(=C)[C@@]2(C)CC[C@@H]3C(C)(C)CCC[C@@]3(C)[C@@H]2C[C@H]1O. The molecule has 3 rings (SSSR count). The van der Waals surface area contributed by atoms with Gasteiger partial charge in [-0.15, -0.1) is 0 Å². The van der Waals surface area contributed by atoms with Crippen LogP contribution in [-0.2, 0) is 0 Å². The van der Waals surface area contributed by atoms with E-state index in [1.54, 1.807) is 0 Å². The van der Waals surface area contributed by atoms with Crippen LogP contribution in [-0.4, -0.2) is 11.2 Å². The van der Waals surface area contributed by atoms with Crippen LogP contribution in [0.4, 0.5) is 0 Å². The summed E-state index contributed by atoms with van der Waals surface area (Å²) in [5, 5.41) is 10.5. The molecule has 0 aromatic carbocycles. The molecular formula is C20H32O. The van der Waals surface area contributed by atoms with Gasteiger partial charge in [0.05, 0.1) is 6.10 Å². The molecular weight excluding hydrogens is 256 g/mol. The molecule has 0 aliphatic heterocycles. The second-order valence-electron chi connectivity index (χ2n) is 9.16. The van der Waals surface area contributed by atoms with E-state index >= 15 is 0 Å². The third-order valence-corrected chi connectivity index (χ3v) is 7.73. The number of hydrogen-bond donors (Lipinski definition) is 1. The van der Waals surface area contributed by atoms with Gasteiger partial charge >= 0.3 is 0 Å². The third-order valence-electron chi connectivity index (χ3n) is 7.73. The molecule has 0 spiro atoms. The monoisotopic (exact) mass is 288 g/mol. The molecule has 0 saturated heterocycles. The van der Waals surface area contributed by atoms with Crippen molar-refractivity contribution in [2.75, 3.05) is 0 Å². The summed E-state index contributed by atoms with van der Waals surface area (Å²) in [5.41, 5.74) is 2.96. The fraction of sp³-hybridized carbons (Fsp3) is 0.800.